The third kappa shape index (κ3) is 61.6. The van der Waals surface area contributed by atoms with Crippen molar-refractivity contribution < 1.29 is 0.159 Å². The molecule has 0 aromatic rings. The van der Waals surface area contributed by atoms with Gasteiger partial charge in [0.05, 0.1) is 0 Å². The molecule has 0 bridgehead atoms. The van der Waals surface area contributed by atoms with Crippen LogP contribution in [0.4, 0.5) is 0 Å². The van der Waals surface area contributed by atoms with Gasteiger partial charge in [0.1, 0.15) is 0 Å². The first kappa shape index (κ1) is 5.77. The molecule has 0 saturated carbocycles. The average Bonchev–Trinajstić information content (AvgIpc) is 0.722. The van der Waals surface area contributed by atoms with Crippen molar-refractivity contribution in [2.75, 3.05) is 0 Å². The third-order valence-corrected chi connectivity index (χ3v) is 0. The van der Waals surface area contributed by atoms with Crippen LogP contribution in [-0.2, 0) is 0.159 Å². The van der Waals surface area contributed by atoms with Gasteiger partial charge in [-0.25, -0.2) is 0 Å². The molecule has 0 amide bonds. The van der Waals surface area contributed by atoms with E-state index in [-0.39, 0.29) is 0 Å². The Morgan fingerprint density at radius 3 is 0.800 bits per heavy atom. The van der Waals surface area contributed by atoms with Crippen LogP contribution in [0, 0.1) is 0 Å². The van der Waals surface area contributed by atoms with E-state index in [0.717, 1.165) is 0 Å². The first-order valence-electron chi connectivity index (χ1n) is 1.15. The summed E-state index contributed by atoms with van der Waals surface area (Å²) in [7, 11) is 0. The van der Waals surface area contributed by atoms with E-state index < -0.39 is 40.2 Å². The molecule has 0 unspecified atom stereocenters. The molecule has 26 valence electrons. The molecule has 0 N–H and O–H groups in total. The van der Waals surface area contributed by atoms with E-state index in [0.29, 0.717) is 0 Å². The van der Waals surface area contributed by atoms with E-state index in [1.807, 2.05) is 0 Å². The molecule has 0 aromatic carbocycles. The topological polar surface area (TPSA) is 68.3 Å². The monoisotopic (exact) mass is 202 g/mol. The summed E-state index contributed by atoms with van der Waals surface area (Å²) < 4.78 is 34.7. The maximum atomic E-state index is 8.67. The second-order valence-electron chi connectivity index (χ2n) is 0.707. The Morgan fingerprint density at radius 2 is 0.800 bits per heavy atom. The quantitative estimate of drug-likeness (QED) is 0.478. The Morgan fingerprint density at radius 1 is 0.800 bits per heavy atom. The average molecular weight is 201 g/mol. The van der Waals surface area contributed by atoms with E-state index in [2.05, 4.69) is 0 Å². The fourth-order valence-electron chi connectivity index (χ4n) is 0. The van der Waals surface area contributed by atoms with Crippen molar-refractivity contribution >= 4 is 40.2 Å². The van der Waals surface area contributed by atoms with Crippen LogP contribution in [0.5, 0.6) is 0 Å². The molecule has 5 heavy (non-hydrogen) atoms. The Kier molecular flexibility index (Phi) is 1.71. The van der Waals surface area contributed by atoms with Gasteiger partial charge < -0.3 is 0 Å². The van der Waals surface area contributed by atoms with Crippen LogP contribution < -0.4 is 0 Å². The van der Waals surface area contributed by atoms with Crippen molar-refractivity contribution in [3.8, 4) is 0 Å². The normalized spacial score (nSPS) is 14.4. The fourth-order valence-corrected chi connectivity index (χ4v) is 0. The van der Waals surface area contributed by atoms with Crippen LogP contribution in [0.15, 0.2) is 0 Å². The van der Waals surface area contributed by atoms with Gasteiger partial charge in [0.25, 0.3) is 0 Å². The standard InChI is InChI=1S/Ba.4O. The molecule has 0 radical (unpaired) electrons. The van der Waals surface area contributed by atoms with E-state index in [9.17, 15) is 0 Å². The molecular formula is BaO4. The molecule has 0 heterocycles. The Balaban J connectivity index is 6.05. The Hall–Kier alpha value is 0.771. The van der Waals surface area contributed by atoms with Gasteiger partial charge in [-0.3, -0.25) is 0 Å². The van der Waals surface area contributed by atoms with Crippen LogP contribution in [0.2, 0.25) is 0 Å². The molecule has 0 fully saturated rings. The summed E-state index contributed by atoms with van der Waals surface area (Å²) in [5.74, 6) is 0. The van der Waals surface area contributed by atoms with Gasteiger partial charge >= 0.3 is 40.4 Å². The van der Waals surface area contributed by atoms with Crippen LogP contribution in [0.3, 0.4) is 0 Å². The molecule has 0 aliphatic carbocycles. The Labute approximate surface area is 39.4 Å². The van der Waals surface area contributed by atoms with Gasteiger partial charge in [-0.05, 0) is 0 Å². The van der Waals surface area contributed by atoms with Gasteiger partial charge in [0.15, 0.2) is 0 Å². The van der Waals surface area contributed by atoms with Crippen LogP contribution >= 0.6 is 0 Å². The molecule has 0 rings (SSSR count). The molecule has 5 heteroatoms. The SMILES string of the molecule is [O]=[Ba](=[O])(=[O])=[O]. The van der Waals surface area contributed by atoms with E-state index in [4.69, 9.17) is 0.159 Å². The van der Waals surface area contributed by atoms with Gasteiger partial charge in [0, 0.05) is 0 Å². The van der Waals surface area contributed by atoms with E-state index in [1.54, 1.807) is 0 Å². The van der Waals surface area contributed by atoms with Gasteiger partial charge in [-0.2, -0.15) is 0 Å². The zero-order chi connectivity index (χ0) is 4.50. The minimum absolute atomic E-state index is 6.39. The molecule has 0 aromatic heterocycles. The predicted octanol–water partition coefficient (Wildman–Crippen LogP) is -0.856. The van der Waals surface area contributed by atoms with Crippen molar-refractivity contribution in [2.45, 2.75) is 0 Å². The van der Waals surface area contributed by atoms with Gasteiger partial charge in [0.2, 0.25) is 0 Å². The predicted molar refractivity (Wildman–Crippen MR) is 8.50 cm³/mol. The summed E-state index contributed by atoms with van der Waals surface area (Å²) in [5.41, 5.74) is 0. The van der Waals surface area contributed by atoms with Crippen LogP contribution in [0.1, 0.15) is 0 Å². The fraction of sp³-hybridized carbons (Fsp3) is 0. The van der Waals surface area contributed by atoms with Crippen LogP contribution in [0.25, 0.3) is 0 Å². The molecule has 0 atom stereocenters. The third-order valence-electron chi connectivity index (χ3n) is 0. The van der Waals surface area contributed by atoms with Crippen molar-refractivity contribution in [2.24, 2.45) is 0 Å². The molecule has 0 spiro atoms. The molecule has 4 nitrogen and oxygen atoms in total. The van der Waals surface area contributed by atoms with Crippen molar-refractivity contribution in [3.05, 3.63) is 0 Å². The molecule has 0 aliphatic heterocycles. The summed E-state index contributed by atoms with van der Waals surface area (Å²) in [5, 5.41) is 0. The summed E-state index contributed by atoms with van der Waals surface area (Å²) >= 11 is -6.39. The van der Waals surface area contributed by atoms with Crippen molar-refractivity contribution in [1.29, 1.82) is 0 Å². The number of rotatable bonds is 0. The first-order chi connectivity index (χ1) is 2.00. The van der Waals surface area contributed by atoms with E-state index in [1.165, 1.54) is 0 Å². The number of hydrogen-bond donors (Lipinski definition) is 0. The summed E-state index contributed by atoms with van der Waals surface area (Å²) in [6, 6.07) is 0. The van der Waals surface area contributed by atoms with Gasteiger partial charge in [-0.1, -0.05) is 0 Å². The summed E-state index contributed by atoms with van der Waals surface area (Å²) in [6.07, 6.45) is 0. The van der Waals surface area contributed by atoms with Gasteiger partial charge in [-0.15, -0.1) is 0 Å². The minimum atomic E-state index is -6.39. The molecule has 0 saturated heterocycles. The summed E-state index contributed by atoms with van der Waals surface area (Å²) in [4.78, 5) is 0. The first-order valence-corrected chi connectivity index (χ1v) is 8.41. The van der Waals surface area contributed by atoms with E-state index >= 15 is 0 Å². The maximum absolute atomic E-state index is 8.67. The molecular weight excluding hydrogens is 201 g/mol. The molecule has 0 aliphatic rings. The van der Waals surface area contributed by atoms with Crippen molar-refractivity contribution in [3.63, 3.8) is 0 Å². The second kappa shape index (κ2) is 1.48. The van der Waals surface area contributed by atoms with Crippen LogP contribution in [-0.4, -0.2) is 40.2 Å². The van der Waals surface area contributed by atoms with Crippen molar-refractivity contribution in [1.82, 2.24) is 0 Å². The zero-order valence-corrected chi connectivity index (χ0v) is 6.78. The second-order valence-corrected chi connectivity index (χ2v) is 5.15. The Bertz CT molecular complexity index is 155. The number of hydrogen-bond acceptors (Lipinski definition) is 4. The summed E-state index contributed by atoms with van der Waals surface area (Å²) in [6.45, 7) is 0. The zero-order valence-electron chi connectivity index (χ0n) is 2.34.